The van der Waals surface area contributed by atoms with Crippen molar-refractivity contribution in [2.45, 2.75) is 31.7 Å². The number of aromatic nitrogens is 1. The highest BCUT2D eigenvalue weighted by molar-refractivity contribution is 6.30. The van der Waals surface area contributed by atoms with E-state index in [1.165, 1.54) is 0 Å². The highest BCUT2D eigenvalue weighted by atomic mass is 35.5. The number of halogens is 1. The third-order valence-electron chi connectivity index (χ3n) is 5.40. The van der Waals surface area contributed by atoms with Gasteiger partial charge in [0, 0.05) is 61.2 Å². The summed E-state index contributed by atoms with van der Waals surface area (Å²) in [5, 5.41) is 7.50. The van der Waals surface area contributed by atoms with Crippen LogP contribution in [0.5, 0.6) is 5.75 Å². The van der Waals surface area contributed by atoms with E-state index in [2.05, 4.69) is 34.5 Å². The number of guanidine groups is 1. The van der Waals surface area contributed by atoms with Gasteiger partial charge >= 0.3 is 0 Å². The van der Waals surface area contributed by atoms with Gasteiger partial charge in [0.1, 0.15) is 5.75 Å². The van der Waals surface area contributed by atoms with Crippen molar-refractivity contribution >= 4 is 17.6 Å². The maximum absolute atomic E-state index is 6.34. The van der Waals surface area contributed by atoms with Crippen LogP contribution < -0.4 is 15.4 Å². The van der Waals surface area contributed by atoms with E-state index in [-0.39, 0.29) is 5.41 Å². The first-order chi connectivity index (χ1) is 14.2. The molecule has 1 fully saturated rings. The molecule has 0 aliphatic carbocycles. The lowest BCUT2D eigenvalue weighted by molar-refractivity contribution is 0.0523. The monoisotopic (exact) mass is 418 g/mol. The molecule has 0 radical (unpaired) electrons. The second kappa shape index (κ2) is 10.6. The van der Waals surface area contributed by atoms with Crippen molar-refractivity contribution in [1.29, 1.82) is 0 Å². The van der Waals surface area contributed by atoms with Gasteiger partial charge in [0.2, 0.25) is 0 Å². The van der Waals surface area contributed by atoms with Crippen LogP contribution >= 0.6 is 11.6 Å². The Balaban J connectivity index is 1.78. The first kappa shape index (κ1) is 21.5. The van der Waals surface area contributed by atoms with E-state index >= 15 is 0 Å². The van der Waals surface area contributed by atoms with E-state index in [1.54, 1.807) is 7.11 Å². The Bertz CT molecular complexity index is 786. The van der Waals surface area contributed by atoms with Crippen LogP contribution in [0.3, 0.4) is 0 Å². The summed E-state index contributed by atoms with van der Waals surface area (Å²) in [6.07, 6.45) is 5.90. The molecule has 158 valence electrons. The first-order valence-electron chi connectivity index (χ1n) is 10.2. The Labute approximate surface area is 178 Å². The predicted octanol–water partition coefficient (Wildman–Crippen LogP) is 3.45. The average molecular weight is 419 g/mol. The largest absolute Gasteiger partial charge is 0.496 e. The summed E-state index contributed by atoms with van der Waals surface area (Å²) in [4.78, 5) is 4.94. The van der Waals surface area contributed by atoms with Crippen LogP contribution in [0.2, 0.25) is 5.02 Å². The number of benzene rings is 1. The fourth-order valence-electron chi connectivity index (χ4n) is 3.76. The molecule has 0 amide bonds. The van der Waals surface area contributed by atoms with Crippen molar-refractivity contribution < 1.29 is 9.47 Å². The smallest absolute Gasteiger partial charge is 0.191 e. The number of methoxy groups -OCH3 is 1. The van der Waals surface area contributed by atoms with Crippen LogP contribution in [-0.4, -0.2) is 50.5 Å². The second-order valence-electron chi connectivity index (χ2n) is 7.28. The highest BCUT2D eigenvalue weighted by Crippen LogP contribution is 2.41. The fourth-order valence-corrected chi connectivity index (χ4v) is 3.94. The van der Waals surface area contributed by atoms with Gasteiger partial charge in [0.15, 0.2) is 5.96 Å². The molecule has 1 saturated heterocycles. The van der Waals surface area contributed by atoms with E-state index in [0.29, 0.717) is 24.8 Å². The average Bonchev–Trinajstić information content (AvgIpc) is 3.26. The van der Waals surface area contributed by atoms with Gasteiger partial charge in [-0.05, 0) is 50.1 Å². The number of rotatable bonds is 8. The molecular formula is C22H31ClN4O2. The van der Waals surface area contributed by atoms with E-state index in [0.717, 1.165) is 49.7 Å². The maximum atomic E-state index is 6.34. The van der Waals surface area contributed by atoms with E-state index in [4.69, 9.17) is 26.1 Å². The van der Waals surface area contributed by atoms with Gasteiger partial charge in [-0.15, -0.1) is 0 Å². The first-order valence-corrected chi connectivity index (χ1v) is 10.6. The minimum atomic E-state index is -0.155. The Morgan fingerprint density at radius 3 is 2.69 bits per heavy atom. The van der Waals surface area contributed by atoms with E-state index in [1.807, 2.05) is 30.3 Å². The quantitative estimate of drug-likeness (QED) is 0.509. The molecule has 0 bridgehead atoms. The molecular weight excluding hydrogens is 388 g/mol. The normalized spacial score (nSPS) is 16.4. The van der Waals surface area contributed by atoms with Crippen LogP contribution in [-0.2, 0) is 16.7 Å². The van der Waals surface area contributed by atoms with Gasteiger partial charge < -0.3 is 24.7 Å². The number of hydrogen-bond acceptors (Lipinski definition) is 3. The molecule has 0 atom stereocenters. The number of nitrogens with zero attached hydrogens (tertiary/aromatic N) is 2. The zero-order valence-corrected chi connectivity index (χ0v) is 18.0. The number of aliphatic imine (C=N–C) groups is 1. The molecule has 1 aliphatic heterocycles. The predicted molar refractivity (Wildman–Crippen MR) is 118 cm³/mol. The molecule has 1 aliphatic rings. The molecule has 2 heterocycles. The lowest BCUT2D eigenvalue weighted by Gasteiger charge is -2.37. The Hall–Kier alpha value is -2.18. The van der Waals surface area contributed by atoms with E-state index < -0.39 is 0 Å². The molecule has 7 heteroatoms. The Kier molecular flexibility index (Phi) is 7.83. The molecule has 1 aromatic carbocycles. The fraction of sp³-hybridized carbons (Fsp3) is 0.500. The minimum absolute atomic E-state index is 0.155. The van der Waals surface area contributed by atoms with Gasteiger partial charge in [-0.1, -0.05) is 11.6 Å². The summed E-state index contributed by atoms with van der Waals surface area (Å²) in [7, 11) is 1.70. The van der Waals surface area contributed by atoms with Crippen LogP contribution in [0.25, 0.3) is 0 Å². The summed E-state index contributed by atoms with van der Waals surface area (Å²) < 4.78 is 13.5. The summed E-state index contributed by atoms with van der Waals surface area (Å²) >= 11 is 6.34. The lowest BCUT2D eigenvalue weighted by Crippen LogP contribution is -2.42. The molecule has 3 rings (SSSR count). The third-order valence-corrected chi connectivity index (χ3v) is 5.63. The van der Waals surface area contributed by atoms with Crippen molar-refractivity contribution in [1.82, 2.24) is 15.2 Å². The van der Waals surface area contributed by atoms with Crippen molar-refractivity contribution in [2.24, 2.45) is 4.99 Å². The molecule has 6 nitrogen and oxygen atoms in total. The zero-order chi connectivity index (χ0) is 20.5. The van der Waals surface area contributed by atoms with Crippen LogP contribution in [0.4, 0.5) is 0 Å². The molecule has 29 heavy (non-hydrogen) atoms. The second-order valence-corrected chi connectivity index (χ2v) is 7.72. The number of nitrogens with one attached hydrogen (secondary N) is 2. The maximum Gasteiger partial charge on any atom is 0.191 e. The van der Waals surface area contributed by atoms with Crippen molar-refractivity contribution in [3.05, 3.63) is 53.3 Å². The van der Waals surface area contributed by atoms with Gasteiger partial charge in [-0.2, -0.15) is 0 Å². The third kappa shape index (κ3) is 5.67. The van der Waals surface area contributed by atoms with Crippen LogP contribution in [0.15, 0.2) is 47.7 Å². The van der Waals surface area contributed by atoms with Crippen LogP contribution in [0, 0.1) is 0 Å². The van der Waals surface area contributed by atoms with Crippen LogP contribution in [0.1, 0.15) is 25.3 Å². The molecule has 0 spiro atoms. The van der Waals surface area contributed by atoms with Gasteiger partial charge in [0.25, 0.3) is 0 Å². The van der Waals surface area contributed by atoms with Crippen molar-refractivity contribution in [2.75, 3.05) is 40.0 Å². The van der Waals surface area contributed by atoms with Crippen molar-refractivity contribution in [3.8, 4) is 5.75 Å². The molecule has 0 saturated carbocycles. The number of hydrogen-bond donors (Lipinski definition) is 2. The molecule has 2 N–H and O–H groups in total. The zero-order valence-electron chi connectivity index (χ0n) is 17.3. The summed E-state index contributed by atoms with van der Waals surface area (Å²) in [6, 6.07) is 9.90. The highest BCUT2D eigenvalue weighted by Gasteiger charge is 2.37. The van der Waals surface area contributed by atoms with Gasteiger partial charge in [0.05, 0.1) is 13.7 Å². The van der Waals surface area contributed by atoms with Gasteiger partial charge in [-0.25, -0.2) is 0 Å². The van der Waals surface area contributed by atoms with Crippen molar-refractivity contribution in [3.63, 3.8) is 0 Å². The Morgan fingerprint density at radius 2 is 2.00 bits per heavy atom. The van der Waals surface area contributed by atoms with Gasteiger partial charge in [-0.3, -0.25) is 4.99 Å². The molecule has 1 aromatic heterocycles. The van der Waals surface area contributed by atoms with E-state index in [9.17, 15) is 0 Å². The minimum Gasteiger partial charge on any atom is -0.496 e. The lowest BCUT2D eigenvalue weighted by atomic mass is 9.73. The summed E-state index contributed by atoms with van der Waals surface area (Å²) in [5.74, 6) is 1.68. The number of ether oxygens (including phenoxy) is 2. The Morgan fingerprint density at radius 1 is 1.24 bits per heavy atom. The summed E-state index contributed by atoms with van der Waals surface area (Å²) in [5.41, 5.74) is 0.958. The molecule has 2 aromatic rings. The standard InChI is InChI=1S/C22H31ClN4O2/c1-3-24-21(25-10-13-27-11-4-5-12-27)26-17-22(8-14-29-15-9-22)19-16-18(23)6-7-20(19)28-2/h4-7,11-12,16H,3,8-10,13-15,17H2,1-2H3,(H2,24,25,26). The topological polar surface area (TPSA) is 59.8 Å². The summed E-state index contributed by atoms with van der Waals surface area (Å²) in [6.45, 7) is 6.65. The molecule has 0 unspecified atom stereocenters. The SMILES string of the molecule is CCNC(=NCC1(c2cc(Cl)ccc2OC)CCOCC1)NCCn1cccc1.